The first-order valence-corrected chi connectivity index (χ1v) is 12.1. The highest BCUT2D eigenvalue weighted by Gasteiger charge is 2.18. The van der Waals surface area contributed by atoms with Crippen molar-refractivity contribution < 1.29 is 9.84 Å². The number of likely N-dealkylation sites (N-methyl/N-ethyl adjacent to an activating group) is 1. The van der Waals surface area contributed by atoms with Crippen LogP contribution in [0.3, 0.4) is 0 Å². The van der Waals surface area contributed by atoms with Crippen LogP contribution in [0.4, 0.5) is 0 Å². The molecule has 6 heteroatoms. The molecule has 3 rings (SSSR count). The van der Waals surface area contributed by atoms with Crippen molar-refractivity contribution in [3.63, 3.8) is 0 Å². The fourth-order valence-corrected chi connectivity index (χ4v) is 4.19. The molecule has 0 radical (unpaired) electrons. The number of β-amino-alcohol motifs (C(OH)–C–C–N with tert-alkyl or cyclic N) is 1. The first-order valence-electron chi connectivity index (χ1n) is 10.8. The normalized spacial score (nSPS) is 16.5. The van der Waals surface area contributed by atoms with Crippen molar-refractivity contribution >= 4 is 11.8 Å². The molecule has 1 unspecified atom stereocenters. The Labute approximate surface area is 185 Å². The van der Waals surface area contributed by atoms with Crippen LogP contribution < -0.4 is 10.1 Å². The van der Waals surface area contributed by atoms with E-state index in [1.807, 2.05) is 12.1 Å². The highest BCUT2D eigenvalue weighted by Crippen LogP contribution is 2.17. The molecule has 0 amide bonds. The third-order valence-corrected chi connectivity index (χ3v) is 6.24. The maximum Gasteiger partial charge on any atom is 0.119 e. The third-order valence-electron chi connectivity index (χ3n) is 5.51. The molecule has 1 heterocycles. The number of rotatable bonds is 11. The summed E-state index contributed by atoms with van der Waals surface area (Å²) in [6, 6.07) is 16.7. The fourth-order valence-electron chi connectivity index (χ4n) is 3.71. The lowest BCUT2D eigenvalue weighted by molar-refractivity contribution is 0.0471. The van der Waals surface area contributed by atoms with Crippen molar-refractivity contribution in [2.24, 2.45) is 0 Å². The van der Waals surface area contributed by atoms with E-state index < -0.39 is 6.10 Å². The molecule has 1 saturated heterocycles. The summed E-state index contributed by atoms with van der Waals surface area (Å²) in [5.74, 6) is 0.813. The highest BCUT2D eigenvalue weighted by atomic mass is 32.2. The van der Waals surface area contributed by atoms with Crippen molar-refractivity contribution in [3.05, 3.63) is 59.7 Å². The van der Waals surface area contributed by atoms with Gasteiger partial charge in [0.25, 0.3) is 0 Å². The van der Waals surface area contributed by atoms with Gasteiger partial charge >= 0.3 is 0 Å². The van der Waals surface area contributed by atoms with Crippen LogP contribution >= 0.6 is 11.8 Å². The molecule has 30 heavy (non-hydrogen) atoms. The highest BCUT2D eigenvalue weighted by molar-refractivity contribution is 7.98. The number of nitrogens with one attached hydrogen (secondary N) is 1. The average Bonchev–Trinajstić information content (AvgIpc) is 2.79. The molecule has 1 aliphatic rings. The van der Waals surface area contributed by atoms with Gasteiger partial charge in [0.2, 0.25) is 0 Å². The molecule has 1 fully saturated rings. The molecule has 0 saturated carbocycles. The summed E-state index contributed by atoms with van der Waals surface area (Å²) in [6.07, 6.45) is 1.63. The Bertz CT molecular complexity index is 766. The predicted molar refractivity (Wildman–Crippen MR) is 125 cm³/mol. The number of aliphatic hydroxyl groups excluding tert-OH is 1. The molecule has 2 aromatic rings. The topological polar surface area (TPSA) is 48.0 Å². The number of thioether (sulfide) groups is 1. The summed E-state index contributed by atoms with van der Waals surface area (Å²) in [4.78, 5) is 6.06. The second-order valence-electron chi connectivity index (χ2n) is 7.80. The maximum atomic E-state index is 10.4. The fraction of sp³-hybridized carbons (Fsp3) is 0.500. The molecule has 164 valence electrons. The molecule has 5 nitrogen and oxygen atoms in total. The number of nitrogens with zero attached hydrogens (tertiary/aromatic N) is 2. The quantitative estimate of drug-likeness (QED) is 0.536. The molecule has 2 N–H and O–H groups in total. The van der Waals surface area contributed by atoms with E-state index in [2.05, 4.69) is 64.7 Å². The summed E-state index contributed by atoms with van der Waals surface area (Å²) in [5.41, 5.74) is 2.47. The van der Waals surface area contributed by atoms with Crippen LogP contribution in [0.5, 0.6) is 5.75 Å². The van der Waals surface area contributed by atoms with Gasteiger partial charge in [-0.3, -0.25) is 4.90 Å². The summed E-state index contributed by atoms with van der Waals surface area (Å²) >= 11 is 1.76. The van der Waals surface area contributed by atoms with Gasteiger partial charge in [0.05, 0.1) is 0 Å². The first-order chi connectivity index (χ1) is 14.7. The number of ether oxygens (including phenoxy) is 1. The first kappa shape index (κ1) is 23.1. The van der Waals surface area contributed by atoms with Crippen LogP contribution in [0.25, 0.3) is 0 Å². The monoisotopic (exact) mass is 429 g/mol. The van der Waals surface area contributed by atoms with Crippen LogP contribution in [0, 0.1) is 0 Å². The zero-order valence-electron chi connectivity index (χ0n) is 18.2. The van der Waals surface area contributed by atoms with Crippen LogP contribution in [-0.4, -0.2) is 73.1 Å². The molecule has 0 bridgehead atoms. The van der Waals surface area contributed by atoms with E-state index in [4.69, 9.17) is 4.74 Å². The number of piperazine rings is 1. The van der Waals surface area contributed by atoms with E-state index in [9.17, 15) is 5.11 Å². The van der Waals surface area contributed by atoms with Gasteiger partial charge in [0.15, 0.2) is 0 Å². The van der Waals surface area contributed by atoms with E-state index in [0.717, 1.165) is 51.6 Å². The second kappa shape index (κ2) is 12.3. The Hall–Kier alpha value is -1.57. The number of hydrogen-bond acceptors (Lipinski definition) is 6. The minimum atomic E-state index is -0.469. The van der Waals surface area contributed by atoms with Gasteiger partial charge in [-0.1, -0.05) is 31.2 Å². The summed E-state index contributed by atoms with van der Waals surface area (Å²) < 4.78 is 5.87. The van der Waals surface area contributed by atoms with Crippen LogP contribution in [0.15, 0.2) is 53.4 Å². The standard InChI is InChI=1S/C24H35N3O2S/c1-3-26-10-12-27(13-11-26)18-22(28)19-29-23-8-4-6-20(14-23)16-25-17-21-7-5-9-24(15-21)30-2/h4-9,14-15,22,25,28H,3,10-13,16-19H2,1-2H3. The minimum Gasteiger partial charge on any atom is -0.491 e. The zero-order valence-corrected chi connectivity index (χ0v) is 19.0. The summed E-state index contributed by atoms with van der Waals surface area (Å²) in [7, 11) is 0. The van der Waals surface area contributed by atoms with Gasteiger partial charge in [-0.15, -0.1) is 11.8 Å². The number of hydrogen-bond donors (Lipinski definition) is 2. The lowest BCUT2D eigenvalue weighted by Gasteiger charge is -2.34. The van der Waals surface area contributed by atoms with Crippen molar-refractivity contribution in [1.29, 1.82) is 0 Å². The molecular weight excluding hydrogens is 394 g/mol. The second-order valence-corrected chi connectivity index (χ2v) is 8.68. The summed E-state index contributed by atoms with van der Waals surface area (Å²) in [5, 5.41) is 13.9. The van der Waals surface area contributed by atoms with Gasteiger partial charge in [0.1, 0.15) is 18.5 Å². The SMILES string of the molecule is CCN1CCN(CC(O)COc2cccc(CNCc3cccc(SC)c3)c2)CC1. The Balaban J connectivity index is 1.39. The molecule has 2 aromatic carbocycles. The molecule has 0 aliphatic carbocycles. The zero-order chi connectivity index (χ0) is 21.2. The molecular formula is C24H35N3O2S. The van der Waals surface area contributed by atoms with Crippen molar-refractivity contribution in [1.82, 2.24) is 15.1 Å². The third kappa shape index (κ3) is 7.60. The van der Waals surface area contributed by atoms with E-state index in [0.29, 0.717) is 13.2 Å². The van der Waals surface area contributed by atoms with Crippen LogP contribution in [0.1, 0.15) is 18.1 Å². The van der Waals surface area contributed by atoms with Gasteiger partial charge < -0.3 is 20.1 Å². The van der Waals surface area contributed by atoms with Crippen LogP contribution in [-0.2, 0) is 13.1 Å². The van der Waals surface area contributed by atoms with E-state index >= 15 is 0 Å². The number of aliphatic hydroxyl groups is 1. The smallest absolute Gasteiger partial charge is 0.119 e. The molecule has 0 aromatic heterocycles. The lowest BCUT2D eigenvalue weighted by Crippen LogP contribution is -2.49. The Morgan fingerprint density at radius 1 is 1.00 bits per heavy atom. The van der Waals surface area contributed by atoms with E-state index in [1.54, 1.807) is 11.8 Å². The Kier molecular flexibility index (Phi) is 9.49. The van der Waals surface area contributed by atoms with E-state index in [-0.39, 0.29) is 0 Å². The largest absolute Gasteiger partial charge is 0.491 e. The average molecular weight is 430 g/mol. The van der Waals surface area contributed by atoms with Crippen molar-refractivity contribution in [3.8, 4) is 5.75 Å². The minimum absolute atomic E-state index is 0.326. The lowest BCUT2D eigenvalue weighted by atomic mass is 10.2. The van der Waals surface area contributed by atoms with Gasteiger partial charge in [-0.25, -0.2) is 0 Å². The molecule has 1 aliphatic heterocycles. The maximum absolute atomic E-state index is 10.4. The van der Waals surface area contributed by atoms with Gasteiger partial charge in [0, 0.05) is 50.7 Å². The molecule has 1 atom stereocenters. The Morgan fingerprint density at radius 2 is 1.67 bits per heavy atom. The predicted octanol–water partition coefficient (Wildman–Crippen LogP) is 3.08. The molecule has 0 spiro atoms. The summed E-state index contributed by atoms with van der Waals surface area (Å²) in [6.45, 7) is 10.1. The van der Waals surface area contributed by atoms with Gasteiger partial charge in [-0.2, -0.15) is 0 Å². The number of benzene rings is 2. The van der Waals surface area contributed by atoms with Crippen molar-refractivity contribution in [2.75, 3.05) is 52.1 Å². The van der Waals surface area contributed by atoms with Gasteiger partial charge in [-0.05, 0) is 48.2 Å². The Morgan fingerprint density at radius 3 is 2.37 bits per heavy atom. The van der Waals surface area contributed by atoms with Crippen LogP contribution in [0.2, 0.25) is 0 Å². The van der Waals surface area contributed by atoms with Crippen molar-refractivity contribution in [2.45, 2.75) is 31.0 Å². The van der Waals surface area contributed by atoms with E-state index in [1.165, 1.54) is 16.0 Å².